The van der Waals surface area contributed by atoms with E-state index < -0.39 is 97.5 Å². The molecule has 0 aliphatic heterocycles. The number of rotatable bonds is 66. The zero-order chi connectivity index (χ0) is 62.8. The summed E-state index contributed by atoms with van der Waals surface area (Å²) in [6.45, 7) is 7.20. The quantitative estimate of drug-likeness (QED) is 0.0222. The normalized spacial score (nSPS) is 14.2. The van der Waals surface area contributed by atoms with Gasteiger partial charge in [0.05, 0.1) is 26.4 Å². The highest BCUT2D eigenvalue weighted by molar-refractivity contribution is 7.47. The van der Waals surface area contributed by atoms with Crippen LogP contribution in [-0.4, -0.2) is 96.7 Å². The topological polar surface area (TPSA) is 237 Å². The highest BCUT2D eigenvalue weighted by Gasteiger charge is 2.30. The first-order valence-electron chi connectivity index (χ1n) is 34.6. The third-order valence-electron chi connectivity index (χ3n) is 15.3. The van der Waals surface area contributed by atoms with Gasteiger partial charge in [0.15, 0.2) is 12.2 Å². The molecule has 0 saturated heterocycles. The molecule has 0 aromatic carbocycles. The fourth-order valence-electron chi connectivity index (χ4n) is 9.94. The second-order valence-electron chi connectivity index (χ2n) is 24.3. The number of carbonyl (C=O) groups excluding carboxylic acids is 4. The van der Waals surface area contributed by atoms with Crippen LogP contribution >= 0.6 is 15.6 Å². The fourth-order valence-corrected chi connectivity index (χ4v) is 11.5. The molecule has 85 heavy (non-hydrogen) atoms. The van der Waals surface area contributed by atoms with Gasteiger partial charge in [-0.05, 0) is 31.6 Å². The number of hydrogen-bond donors (Lipinski definition) is 3. The van der Waals surface area contributed by atoms with Crippen molar-refractivity contribution >= 4 is 39.5 Å². The van der Waals surface area contributed by atoms with Crippen LogP contribution in [0.1, 0.15) is 336 Å². The van der Waals surface area contributed by atoms with Gasteiger partial charge >= 0.3 is 39.5 Å². The van der Waals surface area contributed by atoms with Gasteiger partial charge in [-0.25, -0.2) is 9.13 Å². The van der Waals surface area contributed by atoms with E-state index in [4.69, 9.17) is 37.0 Å². The summed E-state index contributed by atoms with van der Waals surface area (Å²) in [6.07, 6.45) is 44.3. The Morgan fingerprint density at radius 3 is 0.800 bits per heavy atom. The van der Waals surface area contributed by atoms with Gasteiger partial charge in [0.2, 0.25) is 0 Å². The second kappa shape index (κ2) is 59.7. The maximum Gasteiger partial charge on any atom is 0.472 e. The number of esters is 4. The molecule has 0 fully saturated rings. The van der Waals surface area contributed by atoms with Crippen molar-refractivity contribution in [3.8, 4) is 0 Å². The summed E-state index contributed by atoms with van der Waals surface area (Å²) in [5, 5.41) is 10.5. The highest BCUT2D eigenvalue weighted by Crippen LogP contribution is 2.45. The van der Waals surface area contributed by atoms with Crippen molar-refractivity contribution in [3.05, 3.63) is 0 Å². The summed E-state index contributed by atoms with van der Waals surface area (Å²) in [4.78, 5) is 72.3. The molecule has 19 heteroatoms. The summed E-state index contributed by atoms with van der Waals surface area (Å²) in [5.41, 5.74) is 0. The number of carbonyl (C=O) groups is 4. The summed E-state index contributed by atoms with van der Waals surface area (Å²) >= 11 is 0. The molecule has 504 valence electrons. The van der Waals surface area contributed by atoms with Crippen LogP contribution in [0.2, 0.25) is 0 Å². The molecule has 17 nitrogen and oxygen atoms in total. The summed E-state index contributed by atoms with van der Waals surface area (Å²) in [7, 11) is -9.89. The van der Waals surface area contributed by atoms with Gasteiger partial charge in [0, 0.05) is 25.7 Å². The molecule has 0 aromatic rings. The Kier molecular flexibility index (Phi) is 58.3. The summed E-state index contributed by atoms with van der Waals surface area (Å²) in [6, 6.07) is 0. The molecule has 0 amide bonds. The molecule has 0 bridgehead atoms. The highest BCUT2D eigenvalue weighted by atomic mass is 31.2. The number of ether oxygens (including phenoxy) is 4. The minimum absolute atomic E-state index is 0.107. The van der Waals surface area contributed by atoms with Gasteiger partial charge in [-0.1, -0.05) is 285 Å². The molecule has 0 rings (SSSR count). The van der Waals surface area contributed by atoms with Crippen molar-refractivity contribution in [2.75, 3.05) is 39.6 Å². The number of hydrogen-bond acceptors (Lipinski definition) is 15. The molecule has 0 aliphatic rings. The van der Waals surface area contributed by atoms with E-state index >= 15 is 0 Å². The minimum Gasteiger partial charge on any atom is -0.462 e. The lowest BCUT2D eigenvalue weighted by atomic mass is 10.0. The molecule has 0 radical (unpaired) electrons. The standard InChI is InChI=1S/C66H128O17P2/c1-6-9-12-15-18-21-25-31-35-40-45-50-64(69)77-56-62(83-66(71)52-47-42-37-32-27-24-26-28-33-38-43-48-59(4)5)58-81-85(74,75)79-54-60(67)53-78-84(72,73)80-57-61(82-65(70)51-46-41-36-30-23-20-17-14-11-8-3)55-76-63(68)49-44-39-34-29-22-19-16-13-10-7-2/h59-62,67H,6-58H2,1-5H3,(H,72,73)(H,74,75)/t60-,61+,62+/m0/s1. The van der Waals surface area contributed by atoms with Crippen molar-refractivity contribution in [1.82, 2.24) is 0 Å². The first-order chi connectivity index (χ1) is 41.0. The van der Waals surface area contributed by atoms with Crippen molar-refractivity contribution < 1.29 is 80.2 Å². The van der Waals surface area contributed by atoms with E-state index in [1.54, 1.807) is 0 Å². The molecule has 0 spiro atoms. The Hall–Kier alpha value is -1.94. The summed E-state index contributed by atoms with van der Waals surface area (Å²) in [5.74, 6) is -1.36. The van der Waals surface area contributed by atoms with Crippen molar-refractivity contribution in [2.45, 2.75) is 355 Å². The third kappa shape index (κ3) is 60.7. The van der Waals surface area contributed by atoms with E-state index in [1.807, 2.05) is 0 Å². The van der Waals surface area contributed by atoms with E-state index in [2.05, 4.69) is 34.6 Å². The maximum absolute atomic E-state index is 13.0. The third-order valence-corrected chi connectivity index (χ3v) is 17.2. The van der Waals surface area contributed by atoms with E-state index in [0.717, 1.165) is 95.8 Å². The van der Waals surface area contributed by atoms with E-state index in [-0.39, 0.29) is 25.7 Å². The molecular weight excluding hydrogens is 1130 g/mol. The monoisotopic (exact) mass is 1250 g/mol. The van der Waals surface area contributed by atoms with E-state index in [0.29, 0.717) is 25.7 Å². The first kappa shape index (κ1) is 83.1. The van der Waals surface area contributed by atoms with Crippen LogP contribution < -0.4 is 0 Å². The van der Waals surface area contributed by atoms with Crippen LogP contribution in [0.15, 0.2) is 0 Å². The van der Waals surface area contributed by atoms with E-state index in [1.165, 1.54) is 161 Å². The number of aliphatic hydroxyl groups excluding tert-OH is 1. The molecule has 2 unspecified atom stereocenters. The van der Waals surface area contributed by atoms with Crippen LogP contribution in [0, 0.1) is 5.92 Å². The zero-order valence-corrected chi connectivity index (χ0v) is 56.5. The molecule has 5 atom stereocenters. The van der Waals surface area contributed by atoms with Gasteiger partial charge < -0.3 is 33.8 Å². The van der Waals surface area contributed by atoms with Crippen LogP contribution in [-0.2, 0) is 65.4 Å². The Balaban J connectivity index is 5.23. The second-order valence-corrected chi connectivity index (χ2v) is 27.2. The average molecular weight is 1260 g/mol. The summed E-state index contributed by atoms with van der Waals surface area (Å²) < 4.78 is 68.1. The van der Waals surface area contributed by atoms with Crippen molar-refractivity contribution in [2.24, 2.45) is 5.92 Å². The predicted molar refractivity (Wildman–Crippen MR) is 340 cm³/mol. The van der Waals surface area contributed by atoms with Gasteiger partial charge in [0.1, 0.15) is 19.3 Å². The fraction of sp³-hybridized carbons (Fsp3) is 0.939. The van der Waals surface area contributed by atoms with Crippen LogP contribution in [0.25, 0.3) is 0 Å². The largest absolute Gasteiger partial charge is 0.472 e. The Labute approximate surface area is 517 Å². The SMILES string of the molecule is CCCCCCCCCCCCCC(=O)OC[C@H](COP(=O)(O)OC[C@@H](O)COP(=O)(O)OC[C@@H](COC(=O)CCCCCCCCCCCC)OC(=O)CCCCCCCCCCCC)OC(=O)CCCCCCCCCCCCCC(C)C. The van der Waals surface area contributed by atoms with Crippen molar-refractivity contribution in [3.63, 3.8) is 0 Å². The molecule has 0 aromatic heterocycles. The van der Waals surface area contributed by atoms with Gasteiger partial charge in [-0.15, -0.1) is 0 Å². The minimum atomic E-state index is -4.95. The van der Waals surface area contributed by atoms with Gasteiger partial charge in [0.25, 0.3) is 0 Å². The van der Waals surface area contributed by atoms with E-state index in [9.17, 15) is 43.2 Å². The molecule has 0 heterocycles. The lowest BCUT2D eigenvalue weighted by Crippen LogP contribution is -2.30. The molecule has 3 N–H and O–H groups in total. The number of phosphoric acid groups is 2. The molecule has 0 aliphatic carbocycles. The first-order valence-corrected chi connectivity index (χ1v) is 37.6. The van der Waals surface area contributed by atoms with Crippen molar-refractivity contribution in [1.29, 1.82) is 0 Å². The maximum atomic E-state index is 13.0. The smallest absolute Gasteiger partial charge is 0.462 e. The molecule has 0 saturated carbocycles. The average Bonchev–Trinajstić information content (AvgIpc) is 3.58. The lowest BCUT2D eigenvalue weighted by Gasteiger charge is -2.21. The number of aliphatic hydroxyl groups is 1. The Morgan fingerprint density at radius 1 is 0.318 bits per heavy atom. The predicted octanol–water partition coefficient (Wildman–Crippen LogP) is 18.6. The number of phosphoric ester groups is 2. The lowest BCUT2D eigenvalue weighted by molar-refractivity contribution is -0.161. The van der Waals surface area contributed by atoms with Crippen LogP contribution in [0.4, 0.5) is 0 Å². The van der Waals surface area contributed by atoms with Gasteiger partial charge in [-0.3, -0.25) is 37.3 Å². The Bertz CT molecular complexity index is 1650. The zero-order valence-electron chi connectivity index (χ0n) is 54.7. The van der Waals surface area contributed by atoms with Gasteiger partial charge in [-0.2, -0.15) is 0 Å². The molecular formula is C66H128O17P2. The van der Waals surface area contributed by atoms with Crippen LogP contribution in [0.5, 0.6) is 0 Å². The number of unbranched alkanes of at least 4 members (excludes halogenated alkanes) is 38. The Morgan fingerprint density at radius 2 is 0.541 bits per heavy atom. The van der Waals surface area contributed by atoms with Crippen LogP contribution in [0.3, 0.4) is 0 Å².